The predicted octanol–water partition coefficient (Wildman–Crippen LogP) is 4.03. The van der Waals surface area contributed by atoms with Crippen molar-refractivity contribution in [2.75, 3.05) is 38.6 Å². The van der Waals surface area contributed by atoms with E-state index >= 15 is 0 Å². The van der Waals surface area contributed by atoms with Gasteiger partial charge in [0.2, 0.25) is 5.88 Å². The second-order valence-corrected chi connectivity index (χ2v) is 10.6. The molecule has 0 aliphatic carbocycles. The fraction of sp³-hybridized carbons (Fsp3) is 0.556. The molecule has 36 heavy (non-hydrogen) atoms. The fourth-order valence-electron chi connectivity index (χ4n) is 5.08. The number of urea groups is 1. The topological polar surface area (TPSA) is 108 Å². The Hall–Kier alpha value is -3.36. The molecule has 9 nitrogen and oxygen atoms in total. The van der Waals surface area contributed by atoms with Crippen LogP contribution in [0.5, 0.6) is 5.88 Å². The van der Waals surface area contributed by atoms with Crippen molar-refractivity contribution < 1.29 is 19.4 Å². The average molecular weight is 496 g/mol. The number of nitrogens with zero attached hydrogens (tertiary/aromatic N) is 4. The van der Waals surface area contributed by atoms with Gasteiger partial charge in [0.1, 0.15) is 5.82 Å². The van der Waals surface area contributed by atoms with Crippen molar-refractivity contribution in [2.45, 2.75) is 64.3 Å². The number of hydrogen-bond donors (Lipinski definition) is 2. The molecule has 2 aromatic rings. The Labute approximate surface area is 212 Å². The van der Waals surface area contributed by atoms with E-state index in [2.05, 4.69) is 37.1 Å². The molecule has 194 valence electrons. The monoisotopic (exact) mass is 495 g/mol. The van der Waals surface area contributed by atoms with E-state index in [1.54, 1.807) is 23.2 Å². The zero-order chi connectivity index (χ0) is 25.9. The maximum Gasteiger partial charge on any atom is 0.320 e. The molecular weight excluding hydrogens is 458 g/mol. The van der Waals surface area contributed by atoms with Gasteiger partial charge in [-0.1, -0.05) is 26.8 Å². The Balaban J connectivity index is 1.43. The van der Waals surface area contributed by atoms with Crippen LogP contribution in [-0.2, 0) is 23.1 Å². The third-order valence-corrected chi connectivity index (χ3v) is 6.97. The number of carbonyl (C=O) groups is 2. The lowest BCUT2D eigenvalue weighted by atomic mass is 9.83. The number of pyridine rings is 2. The lowest BCUT2D eigenvalue weighted by molar-refractivity contribution is -0.138. The molecule has 2 amide bonds. The van der Waals surface area contributed by atoms with Crippen molar-refractivity contribution >= 4 is 17.8 Å². The second-order valence-electron chi connectivity index (χ2n) is 10.6. The number of nitrogens with one attached hydrogen (secondary N) is 1. The van der Waals surface area contributed by atoms with E-state index in [9.17, 15) is 14.7 Å². The number of aromatic nitrogens is 2. The van der Waals surface area contributed by atoms with E-state index in [1.807, 2.05) is 4.90 Å². The molecule has 2 aliphatic rings. The normalized spacial score (nSPS) is 16.5. The van der Waals surface area contributed by atoms with Gasteiger partial charge in [-0.3, -0.25) is 4.79 Å². The van der Waals surface area contributed by atoms with Crippen LogP contribution in [-0.4, -0.2) is 70.2 Å². The molecule has 2 aliphatic heterocycles. The van der Waals surface area contributed by atoms with Crippen molar-refractivity contribution in [2.24, 2.45) is 0 Å². The standard InChI is InChI=1S/C27H37N5O4/c1-27(2,3)20-15-18-7-5-11-28-25(18)30-21(20)8-6-12-31-13-14-32(26(31)35)22(16-24(33)34)19-9-10-23(36-4)29-17-19/h9-10,15,17,22H,5-8,11-14,16H2,1-4H3,(H,28,30)(H,33,34)/t22-/m0/s1. The summed E-state index contributed by atoms with van der Waals surface area (Å²) < 4.78 is 5.11. The number of carbonyl (C=O) groups excluding carboxylic acids is 1. The van der Waals surface area contributed by atoms with Crippen LogP contribution in [0.15, 0.2) is 24.4 Å². The van der Waals surface area contributed by atoms with Gasteiger partial charge in [0.25, 0.3) is 0 Å². The minimum Gasteiger partial charge on any atom is -0.481 e. The van der Waals surface area contributed by atoms with Crippen LogP contribution < -0.4 is 10.1 Å². The van der Waals surface area contributed by atoms with Gasteiger partial charge in [-0.25, -0.2) is 14.8 Å². The molecule has 1 saturated heterocycles. The quantitative estimate of drug-likeness (QED) is 0.541. The summed E-state index contributed by atoms with van der Waals surface area (Å²) in [6.45, 7) is 9.26. The minimum atomic E-state index is -0.955. The Morgan fingerprint density at radius 1 is 1.28 bits per heavy atom. The molecule has 0 saturated carbocycles. The number of hydrogen-bond acceptors (Lipinski definition) is 6. The molecule has 0 radical (unpaired) electrons. The summed E-state index contributed by atoms with van der Waals surface area (Å²) in [5.41, 5.74) is 4.33. The number of methoxy groups -OCH3 is 1. The summed E-state index contributed by atoms with van der Waals surface area (Å²) in [6, 6.07) is 5.08. The van der Waals surface area contributed by atoms with Crippen molar-refractivity contribution in [1.29, 1.82) is 0 Å². The molecule has 4 rings (SSSR count). The summed E-state index contributed by atoms with van der Waals surface area (Å²) >= 11 is 0. The number of fused-ring (bicyclic) bond motifs is 1. The van der Waals surface area contributed by atoms with E-state index in [4.69, 9.17) is 9.72 Å². The molecule has 4 heterocycles. The van der Waals surface area contributed by atoms with Gasteiger partial charge in [-0.15, -0.1) is 0 Å². The number of aliphatic carboxylic acids is 1. The Kier molecular flexibility index (Phi) is 7.66. The molecule has 2 N–H and O–H groups in total. The zero-order valence-electron chi connectivity index (χ0n) is 21.7. The van der Waals surface area contributed by atoms with Crippen LogP contribution >= 0.6 is 0 Å². The highest BCUT2D eigenvalue weighted by atomic mass is 16.5. The van der Waals surface area contributed by atoms with Gasteiger partial charge in [-0.05, 0) is 53.9 Å². The first kappa shape index (κ1) is 25.7. The first-order valence-electron chi connectivity index (χ1n) is 12.7. The third kappa shape index (κ3) is 5.71. The lowest BCUT2D eigenvalue weighted by Gasteiger charge is -2.28. The fourth-order valence-corrected chi connectivity index (χ4v) is 5.08. The number of aryl methyl sites for hydroxylation is 2. The smallest absolute Gasteiger partial charge is 0.320 e. The molecule has 2 aromatic heterocycles. The van der Waals surface area contributed by atoms with E-state index < -0.39 is 12.0 Å². The number of amides is 2. The van der Waals surface area contributed by atoms with Crippen molar-refractivity contribution in [3.8, 4) is 5.88 Å². The van der Waals surface area contributed by atoms with E-state index in [0.717, 1.165) is 43.7 Å². The summed E-state index contributed by atoms with van der Waals surface area (Å²) in [5, 5.41) is 12.9. The maximum atomic E-state index is 13.3. The van der Waals surface area contributed by atoms with Gasteiger partial charge in [0, 0.05) is 44.1 Å². The Morgan fingerprint density at radius 3 is 2.75 bits per heavy atom. The van der Waals surface area contributed by atoms with E-state index in [0.29, 0.717) is 31.1 Å². The van der Waals surface area contributed by atoms with Crippen molar-refractivity contribution in [1.82, 2.24) is 19.8 Å². The SMILES string of the molecule is COc1ccc([C@H](CC(=O)O)N2CCN(CCCc3nc4c(cc3C(C)(C)C)CCCN4)C2=O)cn1. The number of carboxylic acid groups (broad SMARTS) is 1. The van der Waals surface area contributed by atoms with Gasteiger partial charge in [-0.2, -0.15) is 0 Å². The molecule has 9 heteroatoms. The highest BCUT2D eigenvalue weighted by Gasteiger charge is 2.35. The highest BCUT2D eigenvalue weighted by molar-refractivity contribution is 5.78. The van der Waals surface area contributed by atoms with Gasteiger partial charge in [0.15, 0.2) is 0 Å². The number of rotatable bonds is 9. The Morgan fingerprint density at radius 2 is 2.08 bits per heavy atom. The second kappa shape index (κ2) is 10.7. The molecule has 1 atom stereocenters. The lowest BCUT2D eigenvalue weighted by Crippen LogP contribution is -2.36. The van der Waals surface area contributed by atoms with Gasteiger partial charge in [0.05, 0.1) is 19.6 Å². The van der Waals surface area contributed by atoms with E-state index in [-0.39, 0.29) is 17.9 Å². The van der Waals surface area contributed by atoms with Gasteiger partial charge < -0.3 is 25.0 Å². The minimum absolute atomic E-state index is 0.00841. The summed E-state index contributed by atoms with van der Waals surface area (Å²) in [5.74, 6) is 0.490. The number of carboxylic acids is 1. The zero-order valence-corrected chi connectivity index (χ0v) is 21.7. The molecule has 0 bridgehead atoms. The average Bonchev–Trinajstić information content (AvgIpc) is 3.21. The summed E-state index contributed by atoms with van der Waals surface area (Å²) in [4.78, 5) is 37.5. The Bertz CT molecular complexity index is 1100. The largest absolute Gasteiger partial charge is 0.481 e. The van der Waals surface area contributed by atoms with Crippen LogP contribution in [0.4, 0.5) is 10.6 Å². The molecular formula is C27H37N5O4. The number of ether oxygens (including phenoxy) is 1. The van der Waals surface area contributed by atoms with Crippen LogP contribution in [0.25, 0.3) is 0 Å². The van der Waals surface area contributed by atoms with Crippen LogP contribution in [0, 0.1) is 0 Å². The van der Waals surface area contributed by atoms with Crippen LogP contribution in [0.1, 0.15) is 68.5 Å². The van der Waals surface area contributed by atoms with Crippen molar-refractivity contribution in [3.05, 3.63) is 46.8 Å². The summed E-state index contributed by atoms with van der Waals surface area (Å²) in [6.07, 6.45) is 5.17. The molecule has 0 spiro atoms. The number of anilines is 1. The maximum absolute atomic E-state index is 13.3. The molecule has 0 aromatic carbocycles. The molecule has 1 fully saturated rings. The first-order valence-corrected chi connectivity index (χ1v) is 12.7. The van der Waals surface area contributed by atoms with Crippen LogP contribution in [0.3, 0.4) is 0 Å². The van der Waals surface area contributed by atoms with Crippen LogP contribution in [0.2, 0.25) is 0 Å². The first-order chi connectivity index (χ1) is 17.2. The summed E-state index contributed by atoms with van der Waals surface area (Å²) in [7, 11) is 1.53. The highest BCUT2D eigenvalue weighted by Crippen LogP contribution is 2.32. The third-order valence-electron chi connectivity index (χ3n) is 6.97. The van der Waals surface area contributed by atoms with Gasteiger partial charge >= 0.3 is 12.0 Å². The van der Waals surface area contributed by atoms with E-state index in [1.165, 1.54) is 18.2 Å². The van der Waals surface area contributed by atoms with Crippen molar-refractivity contribution in [3.63, 3.8) is 0 Å². The predicted molar refractivity (Wildman–Crippen MR) is 138 cm³/mol. The molecule has 0 unspecified atom stereocenters.